The Morgan fingerprint density at radius 2 is 1.76 bits per heavy atom. The van der Waals surface area contributed by atoms with Crippen LogP contribution >= 0.6 is 23.7 Å². The third kappa shape index (κ3) is 5.88. The van der Waals surface area contributed by atoms with Crippen LogP contribution in [-0.2, 0) is 0 Å². The van der Waals surface area contributed by atoms with Crippen LogP contribution in [0.15, 0.2) is 58.3 Å². The van der Waals surface area contributed by atoms with Crippen LogP contribution in [0.2, 0.25) is 0 Å². The van der Waals surface area contributed by atoms with Gasteiger partial charge in [0.05, 0.1) is 5.69 Å². The molecule has 0 saturated heterocycles. The maximum atomic E-state index is 5.95. The highest BCUT2D eigenvalue weighted by Crippen LogP contribution is 2.27. The number of rotatable bonds is 9. The van der Waals surface area contributed by atoms with E-state index in [-0.39, 0.29) is 5.95 Å². The zero-order valence-electron chi connectivity index (χ0n) is 17.0. The van der Waals surface area contributed by atoms with Crippen molar-refractivity contribution in [1.82, 2.24) is 14.7 Å². The molecular weight excluding hydrogens is 398 g/mol. The minimum absolute atomic E-state index is 0.285. The summed E-state index contributed by atoms with van der Waals surface area (Å²) in [6, 6.07) is 16.6. The summed E-state index contributed by atoms with van der Waals surface area (Å²) in [5, 5.41) is 3.37. The number of nitrogens with two attached hydrogens (primary N) is 1. The molecule has 0 spiro atoms. The molecule has 1 aromatic heterocycles. The van der Waals surface area contributed by atoms with Gasteiger partial charge in [0.25, 0.3) is 0 Å². The molecule has 3 rings (SSSR count). The Kier molecular flexibility index (Phi) is 7.80. The van der Waals surface area contributed by atoms with Crippen LogP contribution in [0.25, 0.3) is 11.3 Å². The van der Waals surface area contributed by atoms with Gasteiger partial charge in [-0.05, 0) is 61.7 Å². The van der Waals surface area contributed by atoms with Gasteiger partial charge in [0.2, 0.25) is 5.95 Å². The first-order valence-corrected chi connectivity index (χ1v) is 11.6. The van der Waals surface area contributed by atoms with E-state index in [9.17, 15) is 0 Å². The lowest BCUT2D eigenvalue weighted by molar-refractivity contribution is 0.829. The molecule has 0 fully saturated rings. The van der Waals surface area contributed by atoms with Gasteiger partial charge < -0.3 is 11.1 Å². The van der Waals surface area contributed by atoms with E-state index in [0.717, 1.165) is 36.6 Å². The number of hydrogen-bond donors (Lipinski definition) is 3. The van der Waals surface area contributed by atoms with E-state index in [1.807, 2.05) is 12.1 Å². The van der Waals surface area contributed by atoms with E-state index < -0.39 is 0 Å². The fourth-order valence-electron chi connectivity index (χ4n) is 2.93. The summed E-state index contributed by atoms with van der Waals surface area (Å²) in [5.74, 6) is 1.04. The number of aryl methyl sites for hydroxylation is 1. The number of benzene rings is 2. The Balaban J connectivity index is 1.52. The van der Waals surface area contributed by atoms with Crippen molar-refractivity contribution in [2.24, 2.45) is 0 Å². The van der Waals surface area contributed by atoms with Crippen LogP contribution in [0.5, 0.6) is 0 Å². The van der Waals surface area contributed by atoms with Gasteiger partial charge in [-0.25, -0.2) is 4.98 Å². The Bertz CT molecular complexity index is 962. The maximum Gasteiger partial charge on any atom is 0.222 e. The van der Waals surface area contributed by atoms with Gasteiger partial charge in [-0.3, -0.25) is 4.72 Å². The lowest BCUT2D eigenvalue weighted by Crippen LogP contribution is -2.13. The molecular formula is C22H27N5S2. The molecule has 0 aliphatic carbocycles. The highest BCUT2D eigenvalue weighted by Gasteiger charge is 2.08. The smallest absolute Gasteiger partial charge is 0.222 e. The highest BCUT2D eigenvalue weighted by atomic mass is 32.2. The maximum absolute atomic E-state index is 5.95. The molecule has 0 unspecified atom stereocenters. The first-order chi connectivity index (χ1) is 14.1. The molecule has 152 valence electrons. The molecule has 0 amide bonds. The monoisotopic (exact) mass is 425 g/mol. The number of anilines is 2. The van der Waals surface area contributed by atoms with Crippen molar-refractivity contribution in [3.63, 3.8) is 0 Å². The van der Waals surface area contributed by atoms with Crippen LogP contribution in [0.3, 0.4) is 0 Å². The molecule has 2 aromatic carbocycles. The summed E-state index contributed by atoms with van der Waals surface area (Å²) in [4.78, 5) is 11.3. The summed E-state index contributed by atoms with van der Waals surface area (Å²) in [5.41, 5.74) is 10.3. The van der Waals surface area contributed by atoms with E-state index in [2.05, 4.69) is 76.5 Å². The number of aromatic nitrogens is 2. The third-order valence-electron chi connectivity index (χ3n) is 4.64. The van der Waals surface area contributed by atoms with Crippen LogP contribution in [0.4, 0.5) is 11.8 Å². The van der Waals surface area contributed by atoms with Crippen LogP contribution in [0, 0.1) is 13.8 Å². The quantitative estimate of drug-likeness (QED) is 0.248. The van der Waals surface area contributed by atoms with Gasteiger partial charge in [0, 0.05) is 34.5 Å². The first kappa shape index (κ1) is 21.5. The normalized spacial score (nSPS) is 10.9. The van der Waals surface area contributed by atoms with Gasteiger partial charge in [-0.2, -0.15) is 4.98 Å². The van der Waals surface area contributed by atoms with Crippen molar-refractivity contribution in [3.05, 3.63) is 59.7 Å². The van der Waals surface area contributed by atoms with Crippen LogP contribution in [-0.4, -0.2) is 29.3 Å². The Hall–Kier alpha value is -2.22. The molecule has 3 aromatic rings. The summed E-state index contributed by atoms with van der Waals surface area (Å²) in [7, 11) is 0. The Labute approximate surface area is 181 Å². The van der Waals surface area contributed by atoms with Crippen LogP contribution in [0.1, 0.15) is 17.5 Å². The van der Waals surface area contributed by atoms with Crippen molar-refractivity contribution >= 4 is 35.5 Å². The molecule has 0 aliphatic heterocycles. The van der Waals surface area contributed by atoms with E-state index in [1.165, 1.54) is 20.9 Å². The molecule has 7 heteroatoms. The fraction of sp³-hybridized carbons (Fsp3) is 0.273. The first-order valence-electron chi connectivity index (χ1n) is 9.56. The zero-order chi connectivity index (χ0) is 20.6. The number of thioether (sulfide) groups is 1. The molecule has 4 N–H and O–H groups in total. The third-order valence-corrected chi connectivity index (χ3v) is 6.49. The van der Waals surface area contributed by atoms with E-state index >= 15 is 0 Å². The van der Waals surface area contributed by atoms with Crippen molar-refractivity contribution in [2.75, 3.05) is 30.4 Å². The second kappa shape index (κ2) is 10.5. The predicted molar refractivity (Wildman–Crippen MR) is 127 cm³/mol. The standard InChI is InChI=1S/C22H27N5S2/c1-15-8-6-9-17(16(15)2)18-14-21(27-22(23)26-18)24-12-7-13-25-29-20-11-5-4-10-19(20)28-3/h4-6,8-11,14,25H,7,12-13H2,1-3H3,(H3,23,24,26,27). The molecule has 0 atom stereocenters. The topological polar surface area (TPSA) is 75.9 Å². The van der Waals surface area contributed by atoms with Gasteiger partial charge in [0.1, 0.15) is 5.82 Å². The van der Waals surface area contributed by atoms with Gasteiger partial charge in [-0.15, -0.1) is 11.8 Å². The minimum atomic E-state index is 0.285. The highest BCUT2D eigenvalue weighted by molar-refractivity contribution is 8.01. The Morgan fingerprint density at radius 3 is 2.55 bits per heavy atom. The molecule has 29 heavy (non-hydrogen) atoms. The van der Waals surface area contributed by atoms with Gasteiger partial charge in [-0.1, -0.05) is 30.3 Å². The second-order valence-electron chi connectivity index (χ2n) is 6.67. The van der Waals surface area contributed by atoms with Crippen molar-refractivity contribution in [2.45, 2.75) is 30.1 Å². The molecule has 0 radical (unpaired) electrons. The second-order valence-corrected chi connectivity index (χ2v) is 8.45. The number of hydrogen-bond acceptors (Lipinski definition) is 7. The minimum Gasteiger partial charge on any atom is -0.370 e. The van der Waals surface area contributed by atoms with E-state index in [0.29, 0.717) is 0 Å². The van der Waals surface area contributed by atoms with Gasteiger partial charge >= 0.3 is 0 Å². The summed E-state index contributed by atoms with van der Waals surface area (Å²) >= 11 is 3.44. The molecule has 0 aliphatic rings. The predicted octanol–water partition coefficient (Wildman–Crippen LogP) is 5.16. The lowest BCUT2D eigenvalue weighted by Gasteiger charge is -2.12. The average molecular weight is 426 g/mol. The van der Waals surface area contributed by atoms with Crippen molar-refractivity contribution < 1.29 is 0 Å². The van der Waals surface area contributed by atoms with Crippen molar-refractivity contribution in [3.8, 4) is 11.3 Å². The molecule has 1 heterocycles. The summed E-state index contributed by atoms with van der Waals surface area (Å²) in [6.45, 7) is 5.91. The SMILES string of the molecule is CSc1ccccc1SNCCCNc1cc(-c2cccc(C)c2C)nc(N)n1. The number of nitrogen functional groups attached to an aromatic ring is 1. The van der Waals surface area contributed by atoms with Crippen LogP contribution < -0.4 is 15.8 Å². The Morgan fingerprint density at radius 1 is 0.966 bits per heavy atom. The lowest BCUT2D eigenvalue weighted by atomic mass is 10.0. The number of nitrogens with one attached hydrogen (secondary N) is 2. The van der Waals surface area contributed by atoms with E-state index in [1.54, 1.807) is 23.7 Å². The zero-order valence-corrected chi connectivity index (χ0v) is 18.7. The summed E-state index contributed by atoms with van der Waals surface area (Å²) < 4.78 is 3.43. The molecule has 0 bridgehead atoms. The molecule has 5 nitrogen and oxygen atoms in total. The summed E-state index contributed by atoms with van der Waals surface area (Å²) in [6.07, 6.45) is 3.07. The fourth-order valence-corrected chi connectivity index (χ4v) is 4.51. The van der Waals surface area contributed by atoms with E-state index in [4.69, 9.17) is 5.73 Å². The molecule has 0 saturated carbocycles. The largest absolute Gasteiger partial charge is 0.370 e. The van der Waals surface area contributed by atoms with Crippen molar-refractivity contribution in [1.29, 1.82) is 0 Å². The average Bonchev–Trinajstić information content (AvgIpc) is 2.72. The number of nitrogens with zero attached hydrogens (tertiary/aromatic N) is 2. The van der Waals surface area contributed by atoms with Gasteiger partial charge in [0.15, 0.2) is 0 Å².